The zero-order chi connectivity index (χ0) is 14.4. The van der Waals surface area contributed by atoms with Crippen LogP contribution in [0, 0.1) is 11.3 Å². The maximum absolute atomic E-state index is 8.57. The number of pyridine rings is 1. The van der Waals surface area contributed by atoms with Gasteiger partial charge in [-0.05, 0) is 12.0 Å². The first-order valence-electron chi connectivity index (χ1n) is 6.41. The average molecular weight is 272 g/mol. The highest BCUT2D eigenvalue weighted by molar-refractivity contribution is 5.20. The number of nitrogens with zero attached hydrogens (tertiary/aromatic N) is 4. The predicted molar refractivity (Wildman–Crippen MR) is 71.2 cm³/mol. The van der Waals surface area contributed by atoms with Crippen molar-refractivity contribution < 1.29 is 9.26 Å². The number of hydrogen-bond acceptors (Lipinski definition) is 6. The fourth-order valence-electron chi connectivity index (χ4n) is 1.76. The van der Waals surface area contributed by atoms with Gasteiger partial charge in [-0.1, -0.05) is 18.1 Å². The van der Waals surface area contributed by atoms with Crippen molar-refractivity contribution in [2.45, 2.75) is 32.1 Å². The van der Waals surface area contributed by atoms with Crippen LogP contribution in [0.4, 0.5) is 0 Å². The number of methoxy groups -OCH3 is 1. The molecule has 104 valence electrons. The van der Waals surface area contributed by atoms with Gasteiger partial charge < -0.3 is 9.26 Å². The Hall–Kier alpha value is -2.42. The van der Waals surface area contributed by atoms with E-state index in [0.29, 0.717) is 30.4 Å². The Bertz CT molecular complexity index is 586. The summed E-state index contributed by atoms with van der Waals surface area (Å²) in [6.45, 7) is 1.98. The molecule has 2 aromatic rings. The van der Waals surface area contributed by atoms with Crippen LogP contribution in [0.15, 0.2) is 22.9 Å². The van der Waals surface area contributed by atoms with Crippen LogP contribution in [0.5, 0.6) is 5.88 Å². The Morgan fingerprint density at radius 3 is 2.95 bits per heavy atom. The van der Waals surface area contributed by atoms with Crippen molar-refractivity contribution in [3.8, 4) is 11.9 Å². The molecule has 0 N–H and O–H groups in total. The zero-order valence-corrected chi connectivity index (χ0v) is 11.5. The van der Waals surface area contributed by atoms with Crippen molar-refractivity contribution in [2.75, 3.05) is 7.11 Å². The lowest BCUT2D eigenvalue weighted by atomic mass is 10.1. The quantitative estimate of drug-likeness (QED) is 0.803. The van der Waals surface area contributed by atoms with Gasteiger partial charge in [0.15, 0.2) is 5.82 Å². The van der Waals surface area contributed by atoms with Gasteiger partial charge in [0.1, 0.15) is 0 Å². The number of ether oxygens (including phenoxy) is 1. The molecule has 0 aliphatic heterocycles. The summed E-state index contributed by atoms with van der Waals surface area (Å²) >= 11 is 0. The van der Waals surface area contributed by atoms with Gasteiger partial charge in [0.2, 0.25) is 11.8 Å². The van der Waals surface area contributed by atoms with Crippen molar-refractivity contribution in [2.24, 2.45) is 0 Å². The lowest BCUT2D eigenvalue weighted by molar-refractivity contribution is 0.351. The molecule has 2 heterocycles. The van der Waals surface area contributed by atoms with Gasteiger partial charge in [-0.2, -0.15) is 10.2 Å². The Morgan fingerprint density at radius 2 is 2.30 bits per heavy atom. The molecule has 0 saturated carbocycles. The molecule has 1 unspecified atom stereocenters. The second-order valence-corrected chi connectivity index (χ2v) is 4.53. The monoisotopic (exact) mass is 272 g/mol. The second kappa shape index (κ2) is 6.66. The molecule has 0 saturated heterocycles. The third-order valence-corrected chi connectivity index (χ3v) is 2.96. The highest BCUT2D eigenvalue weighted by atomic mass is 16.5. The van der Waals surface area contributed by atoms with Crippen molar-refractivity contribution in [1.29, 1.82) is 5.26 Å². The molecule has 20 heavy (non-hydrogen) atoms. The van der Waals surface area contributed by atoms with E-state index in [0.717, 1.165) is 12.0 Å². The summed E-state index contributed by atoms with van der Waals surface area (Å²) in [6, 6.07) is 5.83. The fraction of sp³-hybridized carbons (Fsp3) is 0.429. The first kappa shape index (κ1) is 14.0. The van der Waals surface area contributed by atoms with Crippen LogP contribution >= 0.6 is 0 Å². The molecule has 0 bridgehead atoms. The molecule has 1 atom stereocenters. The SMILES string of the molecule is COc1ccc(Cc2noc(C(C)CCC#N)n2)cn1. The Morgan fingerprint density at radius 1 is 1.45 bits per heavy atom. The molecule has 0 aliphatic rings. The van der Waals surface area contributed by atoms with E-state index in [1.165, 1.54) is 0 Å². The fourth-order valence-corrected chi connectivity index (χ4v) is 1.76. The Kier molecular flexibility index (Phi) is 4.66. The molecule has 6 heteroatoms. The summed E-state index contributed by atoms with van der Waals surface area (Å²) in [4.78, 5) is 8.49. The van der Waals surface area contributed by atoms with E-state index in [9.17, 15) is 0 Å². The molecule has 0 radical (unpaired) electrons. The minimum atomic E-state index is 0.102. The minimum absolute atomic E-state index is 0.102. The van der Waals surface area contributed by atoms with E-state index < -0.39 is 0 Å². The van der Waals surface area contributed by atoms with Crippen LogP contribution in [0.2, 0.25) is 0 Å². The maximum Gasteiger partial charge on any atom is 0.229 e. The molecule has 0 fully saturated rings. The molecule has 0 aromatic carbocycles. The van der Waals surface area contributed by atoms with Crippen LogP contribution in [0.3, 0.4) is 0 Å². The van der Waals surface area contributed by atoms with Crippen LogP contribution in [-0.4, -0.2) is 22.2 Å². The van der Waals surface area contributed by atoms with E-state index >= 15 is 0 Å². The van der Waals surface area contributed by atoms with Crippen molar-refractivity contribution in [1.82, 2.24) is 15.1 Å². The zero-order valence-electron chi connectivity index (χ0n) is 11.5. The van der Waals surface area contributed by atoms with E-state index in [-0.39, 0.29) is 5.92 Å². The molecule has 0 spiro atoms. The van der Waals surface area contributed by atoms with Crippen LogP contribution in [0.1, 0.15) is 43.0 Å². The van der Waals surface area contributed by atoms with E-state index in [1.807, 2.05) is 13.0 Å². The van der Waals surface area contributed by atoms with Crippen molar-refractivity contribution in [3.05, 3.63) is 35.6 Å². The molecular weight excluding hydrogens is 256 g/mol. The summed E-state index contributed by atoms with van der Waals surface area (Å²) < 4.78 is 10.2. The normalized spacial score (nSPS) is 11.8. The lowest BCUT2D eigenvalue weighted by Crippen LogP contribution is -1.96. The van der Waals surface area contributed by atoms with Crippen LogP contribution in [0.25, 0.3) is 0 Å². The van der Waals surface area contributed by atoms with Crippen molar-refractivity contribution in [3.63, 3.8) is 0 Å². The third-order valence-electron chi connectivity index (χ3n) is 2.96. The Balaban J connectivity index is 1.99. The number of rotatable bonds is 6. The molecule has 2 aromatic heterocycles. The number of aromatic nitrogens is 3. The highest BCUT2D eigenvalue weighted by Crippen LogP contribution is 2.19. The van der Waals surface area contributed by atoms with Crippen LogP contribution in [-0.2, 0) is 6.42 Å². The molecule has 6 nitrogen and oxygen atoms in total. The highest BCUT2D eigenvalue weighted by Gasteiger charge is 2.14. The second-order valence-electron chi connectivity index (χ2n) is 4.53. The summed E-state index contributed by atoms with van der Waals surface area (Å²) in [5, 5.41) is 12.5. The topological polar surface area (TPSA) is 84.8 Å². The lowest BCUT2D eigenvalue weighted by Gasteiger charge is -2.01. The summed E-state index contributed by atoms with van der Waals surface area (Å²) in [5.74, 6) is 1.88. The first-order chi connectivity index (χ1) is 9.72. The van der Waals surface area contributed by atoms with Gasteiger partial charge in [-0.25, -0.2) is 4.98 Å². The third kappa shape index (κ3) is 3.54. The predicted octanol–water partition coefficient (Wildman–Crippen LogP) is 2.47. The van der Waals surface area contributed by atoms with Gasteiger partial charge in [0.25, 0.3) is 0 Å². The van der Waals surface area contributed by atoms with Gasteiger partial charge in [0, 0.05) is 31.0 Å². The average Bonchev–Trinajstić information content (AvgIpc) is 2.94. The van der Waals surface area contributed by atoms with Crippen molar-refractivity contribution >= 4 is 0 Å². The van der Waals surface area contributed by atoms with Gasteiger partial charge >= 0.3 is 0 Å². The molecule has 0 amide bonds. The van der Waals surface area contributed by atoms with Gasteiger partial charge in [-0.15, -0.1) is 0 Å². The van der Waals surface area contributed by atoms with Gasteiger partial charge in [-0.3, -0.25) is 0 Å². The smallest absolute Gasteiger partial charge is 0.229 e. The minimum Gasteiger partial charge on any atom is -0.481 e. The largest absolute Gasteiger partial charge is 0.481 e. The van der Waals surface area contributed by atoms with E-state index in [1.54, 1.807) is 19.4 Å². The Labute approximate surface area is 117 Å². The summed E-state index contributed by atoms with van der Waals surface area (Å²) in [6.07, 6.45) is 3.50. The standard InChI is InChI=1S/C14H16N4O2/c1-10(4-3-7-15)14-17-12(18-20-14)8-11-5-6-13(19-2)16-9-11/h5-6,9-10H,3-4,8H2,1-2H3. The molecular formula is C14H16N4O2. The number of hydrogen-bond donors (Lipinski definition) is 0. The van der Waals surface area contributed by atoms with E-state index in [4.69, 9.17) is 14.5 Å². The number of nitriles is 1. The molecule has 2 rings (SSSR count). The first-order valence-corrected chi connectivity index (χ1v) is 6.41. The summed E-state index contributed by atoms with van der Waals surface area (Å²) in [7, 11) is 1.58. The summed E-state index contributed by atoms with van der Waals surface area (Å²) in [5.41, 5.74) is 0.989. The molecule has 0 aliphatic carbocycles. The van der Waals surface area contributed by atoms with Gasteiger partial charge in [0.05, 0.1) is 13.2 Å². The van der Waals surface area contributed by atoms with Crippen LogP contribution < -0.4 is 4.74 Å². The maximum atomic E-state index is 8.57. The van der Waals surface area contributed by atoms with E-state index in [2.05, 4.69) is 21.2 Å².